The van der Waals surface area contributed by atoms with Crippen molar-refractivity contribution in [3.05, 3.63) is 82.3 Å². The molecular weight excluding hydrogens is 656 g/mol. The van der Waals surface area contributed by atoms with E-state index < -0.39 is 23.7 Å². The van der Waals surface area contributed by atoms with E-state index in [1.54, 1.807) is 32.2 Å². The minimum absolute atomic E-state index is 0.144. The van der Waals surface area contributed by atoms with Crippen molar-refractivity contribution in [3.8, 4) is 22.9 Å². The molecule has 7 rings (SSSR count). The maximum atomic E-state index is 14.9. The first-order valence-corrected chi connectivity index (χ1v) is 15.8. The number of halogens is 5. The Kier molecular flexibility index (Phi) is 8.28. The molecule has 0 spiro atoms. The molecular formula is C33H31ClF4N6O4. The first-order valence-electron chi connectivity index (χ1n) is 15.4. The smallest absolute Gasteiger partial charge is 0.444 e. The molecule has 2 atom stereocenters. The van der Waals surface area contributed by atoms with Gasteiger partial charge in [-0.15, -0.1) is 0 Å². The Bertz CT molecular complexity index is 1980. The molecule has 0 amide bonds. The standard InChI is InChI=1S/C33H31ClF4N6O4/c1-18(45-3)16-44-27(40-25-13-20(15-39-30(25)44)29-41-31(48-42-29)33(36,37)38)17-43-11-9-19(10-12-43)22-5-4-6-26-28(22)47-32(2,46-26)23-8-7-21(34)14-24(23)35/h4-8,13-15,18-19H,9-12,16-17H2,1-3H3/t18-,32+/m1/s1. The summed E-state index contributed by atoms with van der Waals surface area (Å²) in [5.41, 5.74) is 2.60. The summed E-state index contributed by atoms with van der Waals surface area (Å²) >= 11 is 5.97. The predicted molar refractivity (Wildman–Crippen MR) is 166 cm³/mol. The number of alkyl halides is 3. The van der Waals surface area contributed by atoms with E-state index in [2.05, 4.69) is 24.5 Å². The molecule has 2 aliphatic rings. The van der Waals surface area contributed by atoms with Crippen LogP contribution in [0, 0.1) is 5.82 Å². The van der Waals surface area contributed by atoms with Gasteiger partial charge in [0.25, 0.3) is 5.79 Å². The van der Waals surface area contributed by atoms with Crippen LogP contribution in [0.2, 0.25) is 5.02 Å². The number of aromatic nitrogens is 5. The second-order valence-corrected chi connectivity index (χ2v) is 12.6. The molecule has 0 radical (unpaired) electrons. The molecule has 252 valence electrons. The molecule has 0 aliphatic carbocycles. The van der Waals surface area contributed by atoms with E-state index in [4.69, 9.17) is 30.8 Å². The van der Waals surface area contributed by atoms with Crippen LogP contribution < -0.4 is 9.47 Å². The minimum Gasteiger partial charge on any atom is -0.444 e. The molecule has 3 aromatic heterocycles. The van der Waals surface area contributed by atoms with Crippen molar-refractivity contribution in [2.45, 2.75) is 63.8 Å². The third kappa shape index (κ3) is 6.08. The first-order chi connectivity index (χ1) is 22.9. The third-order valence-electron chi connectivity index (χ3n) is 8.86. The molecule has 2 aliphatic heterocycles. The number of hydrogen-bond donors (Lipinski definition) is 0. The number of likely N-dealkylation sites (tertiary alicyclic amines) is 1. The molecule has 15 heteroatoms. The van der Waals surface area contributed by atoms with Gasteiger partial charge >= 0.3 is 12.1 Å². The Labute approximate surface area is 277 Å². The van der Waals surface area contributed by atoms with Crippen molar-refractivity contribution in [1.82, 2.24) is 29.6 Å². The quantitative estimate of drug-likeness (QED) is 0.155. The average Bonchev–Trinajstić information content (AvgIpc) is 3.77. The van der Waals surface area contributed by atoms with E-state index in [9.17, 15) is 17.6 Å². The Balaban J connectivity index is 1.09. The number of ether oxygens (including phenoxy) is 3. The maximum absolute atomic E-state index is 14.9. The number of benzene rings is 2. The van der Waals surface area contributed by atoms with Crippen LogP contribution in [0.1, 0.15) is 55.4 Å². The average molecular weight is 687 g/mol. The maximum Gasteiger partial charge on any atom is 0.471 e. The second-order valence-electron chi connectivity index (χ2n) is 12.2. The zero-order chi connectivity index (χ0) is 33.8. The van der Waals surface area contributed by atoms with Gasteiger partial charge in [0.2, 0.25) is 5.82 Å². The van der Waals surface area contributed by atoms with E-state index >= 15 is 0 Å². The molecule has 0 saturated carbocycles. The van der Waals surface area contributed by atoms with Crippen LogP contribution in [-0.2, 0) is 29.8 Å². The lowest BCUT2D eigenvalue weighted by atomic mass is 9.88. The Hall–Kier alpha value is -4.27. The fourth-order valence-corrected chi connectivity index (χ4v) is 6.48. The molecule has 1 saturated heterocycles. The third-order valence-corrected chi connectivity index (χ3v) is 9.09. The molecule has 0 N–H and O–H groups in total. The highest BCUT2D eigenvalue weighted by Crippen LogP contribution is 2.50. The van der Waals surface area contributed by atoms with Gasteiger partial charge in [0.1, 0.15) is 17.2 Å². The van der Waals surface area contributed by atoms with Crippen molar-refractivity contribution in [1.29, 1.82) is 0 Å². The topological polar surface area (TPSA) is 101 Å². The summed E-state index contributed by atoms with van der Waals surface area (Å²) in [5.74, 6) is -1.36. The largest absolute Gasteiger partial charge is 0.471 e. The summed E-state index contributed by atoms with van der Waals surface area (Å²) < 4.78 is 78.3. The molecule has 2 aromatic carbocycles. The fourth-order valence-electron chi connectivity index (χ4n) is 6.32. The molecule has 1 fully saturated rings. The van der Waals surface area contributed by atoms with Gasteiger partial charge in [0, 0.05) is 36.4 Å². The van der Waals surface area contributed by atoms with E-state index in [1.165, 1.54) is 12.3 Å². The van der Waals surface area contributed by atoms with Gasteiger partial charge in [-0.1, -0.05) is 28.9 Å². The highest BCUT2D eigenvalue weighted by atomic mass is 35.5. The summed E-state index contributed by atoms with van der Waals surface area (Å²) in [6, 6.07) is 11.8. The summed E-state index contributed by atoms with van der Waals surface area (Å²) in [6.45, 7) is 6.17. The number of imidazole rings is 1. The number of nitrogens with zero attached hydrogens (tertiary/aromatic N) is 6. The molecule has 0 unspecified atom stereocenters. The second kappa shape index (κ2) is 12.3. The van der Waals surface area contributed by atoms with Crippen LogP contribution in [0.3, 0.4) is 0 Å². The van der Waals surface area contributed by atoms with Gasteiger partial charge in [-0.2, -0.15) is 18.2 Å². The van der Waals surface area contributed by atoms with E-state index in [-0.39, 0.29) is 29.0 Å². The highest BCUT2D eigenvalue weighted by molar-refractivity contribution is 6.30. The zero-order valence-electron chi connectivity index (χ0n) is 26.2. The number of hydrogen-bond acceptors (Lipinski definition) is 9. The van der Waals surface area contributed by atoms with Gasteiger partial charge < -0.3 is 23.3 Å². The molecule has 5 heterocycles. The molecule has 48 heavy (non-hydrogen) atoms. The number of fused-ring (bicyclic) bond motifs is 2. The van der Waals surface area contributed by atoms with E-state index in [1.807, 2.05) is 29.7 Å². The van der Waals surface area contributed by atoms with Crippen LogP contribution in [0.15, 0.2) is 53.2 Å². The van der Waals surface area contributed by atoms with Gasteiger partial charge in [0.05, 0.1) is 24.8 Å². The Morgan fingerprint density at radius 3 is 2.60 bits per heavy atom. The molecule has 5 aromatic rings. The van der Waals surface area contributed by atoms with E-state index in [0.29, 0.717) is 40.8 Å². The fraction of sp³-hybridized carbons (Fsp3) is 0.394. The molecule has 10 nitrogen and oxygen atoms in total. The Morgan fingerprint density at radius 2 is 1.90 bits per heavy atom. The van der Waals surface area contributed by atoms with Gasteiger partial charge in [-0.3, -0.25) is 4.90 Å². The number of para-hydroxylation sites is 1. The monoisotopic (exact) mass is 686 g/mol. The number of pyridine rings is 1. The van der Waals surface area contributed by atoms with Crippen molar-refractivity contribution in [2.24, 2.45) is 0 Å². The SMILES string of the molecule is CO[C@H](C)Cn1c(CN2CCC(c3cccc4c3O[C@@](C)(c3ccc(Cl)cc3F)O4)CC2)nc2cc(-c3noc(C(F)(F)F)n3)cnc21. The minimum atomic E-state index is -4.75. The van der Waals surface area contributed by atoms with Crippen molar-refractivity contribution in [2.75, 3.05) is 20.2 Å². The summed E-state index contributed by atoms with van der Waals surface area (Å²) in [4.78, 5) is 15.1. The van der Waals surface area contributed by atoms with Crippen LogP contribution in [0.25, 0.3) is 22.6 Å². The lowest BCUT2D eigenvalue weighted by Crippen LogP contribution is -2.34. The number of rotatable bonds is 8. The van der Waals surface area contributed by atoms with Crippen molar-refractivity contribution >= 4 is 22.8 Å². The summed E-state index contributed by atoms with van der Waals surface area (Å²) in [5, 5.41) is 3.77. The molecule has 0 bridgehead atoms. The van der Waals surface area contributed by atoms with Crippen molar-refractivity contribution in [3.63, 3.8) is 0 Å². The first kappa shape index (κ1) is 32.3. The number of piperidine rings is 1. The lowest BCUT2D eigenvalue weighted by molar-refractivity contribution is -0.159. The van der Waals surface area contributed by atoms with Crippen LogP contribution in [0.4, 0.5) is 17.6 Å². The lowest BCUT2D eigenvalue weighted by Gasteiger charge is -2.32. The highest BCUT2D eigenvalue weighted by Gasteiger charge is 2.43. The van der Waals surface area contributed by atoms with E-state index in [0.717, 1.165) is 37.3 Å². The van der Waals surface area contributed by atoms with Crippen LogP contribution in [0.5, 0.6) is 11.5 Å². The zero-order valence-corrected chi connectivity index (χ0v) is 27.0. The normalized spacial score (nSPS) is 19.3. The van der Waals surface area contributed by atoms with Crippen LogP contribution in [-0.4, -0.2) is 55.9 Å². The number of methoxy groups -OCH3 is 1. The summed E-state index contributed by atoms with van der Waals surface area (Å²) in [7, 11) is 1.62. The summed E-state index contributed by atoms with van der Waals surface area (Å²) in [6.07, 6.45) is -1.81. The van der Waals surface area contributed by atoms with Crippen LogP contribution >= 0.6 is 11.6 Å². The van der Waals surface area contributed by atoms with Crippen molar-refractivity contribution < 1.29 is 36.3 Å². The van der Waals surface area contributed by atoms with Gasteiger partial charge in [-0.25, -0.2) is 14.4 Å². The van der Waals surface area contributed by atoms with Gasteiger partial charge in [-0.05, 0) is 69.1 Å². The Morgan fingerprint density at radius 1 is 1.10 bits per heavy atom. The van der Waals surface area contributed by atoms with Gasteiger partial charge in [0.15, 0.2) is 17.1 Å². The predicted octanol–water partition coefficient (Wildman–Crippen LogP) is 7.35.